The number of aromatic nitrogens is 2. The average Bonchev–Trinajstić information content (AvgIpc) is 2.45. The van der Waals surface area contributed by atoms with Gasteiger partial charge in [0.25, 0.3) is 0 Å². The second kappa shape index (κ2) is 6.45. The Bertz CT molecular complexity index is 660. The molecule has 0 aliphatic rings. The van der Waals surface area contributed by atoms with E-state index in [-0.39, 0.29) is 11.3 Å². The maximum atomic E-state index is 12.9. The Labute approximate surface area is 129 Å². The van der Waals surface area contributed by atoms with Crippen molar-refractivity contribution in [3.05, 3.63) is 47.9 Å². The zero-order valence-electron chi connectivity index (χ0n) is 9.78. The molecule has 0 amide bonds. The second-order valence-electron chi connectivity index (χ2n) is 3.63. The van der Waals surface area contributed by atoms with Gasteiger partial charge >= 0.3 is 6.18 Å². The average molecular weight is 406 g/mol. The van der Waals surface area contributed by atoms with Gasteiger partial charge in [0, 0.05) is 26.8 Å². The highest BCUT2D eigenvalue weighted by Crippen LogP contribution is 2.35. The normalized spacial score (nSPS) is 10.8. The molecule has 1 aromatic heterocycles. The van der Waals surface area contributed by atoms with Gasteiger partial charge in [-0.2, -0.15) is 13.2 Å². The van der Waals surface area contributed by atoms with E-state index in [0.29, 0.717) is 5.69 Å². The van der Waals surface area contributed by atoms with Gasteiger partial charge in [-0.05, 0) is 26.2 Å². The van der Waals surface area contributed by atoms with Gasteiger partial charge in [0.1, 0.15) is 5.69 Å². The van der Waals surface area contributed by atoms with Crippen LogP contribution >= 0.6 is 30.1 Å². The zero-order valence-corrected chi connectivity index (χ0v) is 12.8. The monoisotopic (exact) mass is 406 g/mol. The van der Waals surface area contributed by atoms with Gasteiger partial charge in [-0.3, -0.25) is 4.98 Å². The van der Waals surface area contributed by atoms with E-state index in [4.69, 9.17) is 0 Å². The van der Waals surface area contributed by atoms with Crippen LogP contribution in [0.5, 0.6) is 0 Å². The Morgan fingerprint density at radius 2 is 1.85 bits per heavy atom. The Kier molecular flexibility index (Phi) is 4.88. The van der Waals surface area contributed by atoms with Crippen molar-refractivity contribution in [1.82, 2.24) is 9.97 Å². The van der Waals surface area contributed by atoms with Gasteiger partial charge in [-0.25, -0.2) is 4.98 Å². The van der Waals surface area contributed by atoms with E-state index in [9.17, 15) is 13.2 Å². The van der Waals surface area contributed by atoms with E-state index >= 15 is 0 Å². The summed E-state index contributed by atoms with van der Waals surface area (Å²) < 4.78 is 38.7. The molecular formula is C13H6F3IN2S. The van der Waals surface area contributed by atoms with Crippen molar-refractivity contribution in [3.8, 4) is 22.4 Å². The first kappa shape index (κ1) is 15.1. The van der Waals surface area contributed by atoms with Crippen molar-refractivity contribution >= 4 is 30.1 Å². The van der Waals surface area contributed by atoms with Crippen LogP contribution in [0.1, 0.15) is 11.3 Å². The maximum Gasteiger partial charge on any atom is 0.417 e. The highest BCUT2D eigenvalue weighted by atomic mass is 127. The Hall–Kier alpha value is -1.27. The van der Waals surface area contributed by atoms with Crippen molar-refractivity contribution in [2.75, 3.05) is 0 Å². The molecular weight excluding hydrogens is 400 g/mol. The minimum atomic E-state index is -4.42. The summed E-state index contributed by atoms with van der Waals surface area (Å²) >= 11 is 2.01. The van der Waals surface area contributed by atoms with Crippen molar-refractivity contribution in [2.45, 2.75) is 6.18 Å². The number of rotatable bonds is 1. The van der Waals surface area contributed by atoms with Crippen LogP contribution in [0.4, 0.5) is 13.2 Å². The highest BCUT2D eigenvalue weighted by molar-refractivity contribution is 14.2. The van der Waals surface area contributed by atoms with E-state index in [2.05, 4.69) is 21.1 Å². The van der Waals surface area contributed by atoms with Crippen LogP contribution in [0.2, 0.25) is 0 Å². The van der Waals surface area contributed by atoms with Crippen LogP contribution in [0.3, 0.4) is 0 Å². The summed E-state index contributed by atoms with van der Waals surface area (Å²) in [5, 5.41) is 2.73. The first-order chi connectivity index (χ1) is 9.52. The molecule has 0 fully saturated rings. The van der Waals surface area contributed by atoms with Gasteiger partial charge in [-0.1, -0.05) is 18.2 Å². The van der Waals surface area contributed by atoms with Gasteiger partial charge in [0.2, 0.25) is 0 Å². The third-order valence-corrected chi connectivity index (χ3v) is 3.22. The predicted molar refractivity (Wildman–Crippen MR) is 81.0 cm³/mol. The Balaban J connectivity index is 2.42. The first-order valence-electron chi connectivity index (χ1n) is 5.29. The third kappa shape index (κ3) is 3.64. The fourth-order valence-corrected chi connectivity index (χ4v) is 2.03. The van der Waals surface area contributed by atoms with Crippen molar-refractivity contribution in [3.63, 3.8) is 0 Å². The molecule has 7 heteroatoms. The first-order valence-corrected chi connectivity index (χ1v) is 8.65. The van der Waals surface area contributed by atoms with E-state index in [1.165, 1.54) is 39.5 Å². The summed E-state index contributed by atoms with van der Waals surface area (Å²) in [5.41, 5.74) is -0.126. The molecule has 0 bridgehead atoms. The maximum absolute atomic E-state index is 12.9. The van der Waals surface area contributed by atoms with Crippen LogP contribution in [-0.2, 0) is 6.18 Å². The van der Waals surface area contributed by atoms with Crippen molar-refractivity contribution in [1.29, 1.82) is 0 Å². The van der Waals surface area contributed by atoms with Crippen LogP contribution < -0.4 is 0 Å². The van der Waals surface area contributed by atoms with Crippen LogP contribution in [0, 0.1) is 11.2 Å². The lowest BCUT2D eigenvalue weighted by Crippen LogP contribution is -2.07. The molecule has 102 valence electrons. The van der Waals surface area contributed by atoms with E-state index in [1.807, 2.05) is 21.2 Å². The molecule has 0 atom stereocenters. The number of hydrogen-bond donors (Lipinski definition) is 0. The van der Waals surface area contributed by atoms with E-state index in [1.54, 1.807) is 0 Å². The lowest BCUT2D eigenvalue weighted by Gasteiger charge is -2.11. The smallest absolute Gasteiger partial charge is 0.252 e. The van der Waals surface area contributed by atoms with Gasteiger partial charge in [0.05, 0.1) is 23.7 Å². The fourth-order valence-electron chi connectivity index (χ4n) is 1.56. The molecule has 0 saturated heterocycles. The van der Waals surface area contributed by atoms with Crippen LogP contribution in [0.15, 0.2) is 36.7 Å². The fraction of sp³-hybridized carbons (Fsp3) is 0.0769. The molecule has 0 aliphatic carbocycles. The minimum Gasteiger partial charge on any atom is -0.252 e. The molecule has 2 aromatic rings. The number of benzene rings is 1. The summed E-state index contributed by atoms with van der Waals surface area (Å²) in [6.45, 7) is 0. The largest absolute Gasteiger partial charge is 0.417 e. The Morgan fingerprint density at radius 1 is 1.10 bits per heavy atom. The zero-order chi connectivity index (χ0) is 14.6. The predicted octanol–water partition coefficient (Wildman–Crippen LogP) is 4.55. The van der Waals surface area contributed by atoms with Crippen LogP contribution in [0.25, 0.3) is 11.3 Å². The topological polar surface area (TPSA) is 25.8 Å². The summed E-state index contributed by atoms with van der Waals surface area (Å²) in [7, 11) is 1.30. The van der Waals surface area contributed by atoms with Crippen LogP contribution in [-0.4, -0.2) is 9.97 Å². The van der Waals surface area contributed by atoms with E-state index in [0.717, 1.165) is 6.07 Å². The molecule has 0 aliphatic heterocycles. The summed E-state index contributed by atoms with van der Waals surface area (Å²) in [5.74, 6) is 2.73. The molecule has 0 radical (unpaired) electrons. The van der Waals surface area contributed by atoms with Crippen molar-refractivity contribution < 1.29 is 13.2 Å². The van der Waals surface area contributed by atoms with Crippen molar-refractivity contribution in [2.24, 2.45) is 0 Å². The molecule has 2 rings (SSSR count). The van der Waals surface area contributed by atoms with Gasteiger partial charge < -0.3 is 0 Å². The highest BCUT2D eigenvalue weighted by Gasteiger charge is 2.33. The lowest BCUT2D eigenvalue weighted by molar-refractivity contribution is -0.137. The van der Waals surface area contributed by atoms with E-state index < -0.39 is 11.7 Å². The molecule has 0 unspecified atom stereocenters. The SMILES string of the molecule is FC(F)(F)c1ccccc1-c1cnc(C#CSI)cn1. The van der Waals surface area contributed by atoms with Gasteiger partial charge in [-0.15, -0.1) is 0 Å². The van der Waals surface area contributed by atoms with Gasteiger partial charge in [0.15, 0.2) is 0 Å². The summed E-state index contributed by atoms with van der Waals surface area (Å²) in [6.07, 6.45) is -1.76. The number of alkyl halides is 3. The number of nitrogens with zero attached hydrogens (tertiary/aromatic N) is 2. The lowest BCUT2D eigenvalue weighted by atomic mass is 10.0. The molecule has 2 nitrogen and oxygen atoms in total. The number of halogens is 4. The molecule has 20 heavy (non-hydrogen) atoms. The molecule has 1 aromatic carbocycles. The molecule has 0 N–H and O–H groups in total. The standard InChI is InChI=1S/C13H6F3IN2S/c14-13(15,16)11-4-2-1-3-10(11)12-8-18-9(7-19-12)5-6-20-17/h1-4,7-8H. The molecule has 1 heterocycles. The minimum absolute atomic E-state index is 0.00951. The summed E-state index contributed by atoms with van der Waals surface area (Å²) in [6, 6.07) is 5.28. The number of hydrogen-bond acceptors (Lipinski definition) is 3. The third-order valence-electron chi connectivity index (χ3n) is 2.38. The second-order valence-corrected chi connectivity index (χ2v) is 5.31. The Morgan fingerprint density at radius 3 is 2.45 bits per heavy atom. The summed E-state index contributed by atoms with van der Waals surface area (Å²) in [4.78, 5) is 7.99. The molecule has 0 spiro atoms. The quantitative estimate of drug-likeness (QED) is 0.513. The molecule has 0 saturated carbocycles.